The van der Waals surface area contributed by atoms with Crippen LogP contribution in [-0.4, -0.2) is 25.2 Å². The molecular weight excluding hydrogens is 442 g/mol. The molecule has 1 aliphatic heterocycles. The fourth-order valence-electron chi connectivity index (χ4n) is 3.79. The zero-order valence-electron chi connectivity index (χ0n) is 19.2. The molecule has 0 fully saturated rings. The molecule has 0 atom stereocenters. The summed E-state index contributed by atoms with van der Waals surface area (Å²) in [5.74, 6) is -0.885. The molecular formula is C26H28ClNO5. The predicted molar refractivity (Wildman–Crippen MR) is 127 cm³/mol. The number of ether oxygens (including phenoxy) is 3. The van der Waals surface area contributed by atoms with Gasteiger partial charge in [-0.2, -0.15) is 0 Å². The summed E-state index contributed by atoms with van der Waals surface area (Å²) in [7, 11) is 0. The first-order chi connectivity index (χ1) is 15.8. The van der Waals surface area contributed by atoms with Crippen molar-refractivity contribution in [3.63, 3.8) is 0 Å². The van der Waals surface area contributed by atoms with Gasteiger partial charge in [0.1, 0.15) is 12.4 Å². The second-order valence-electron chi connectivity index (χ2n) is 7.56. The van der Waals surface area contributed by atoms with Crippen molar-refractivity contribution >= 4 is 23.5 Å². The van der Waals surface area contributed by atoms with Gasteiger partial charge in [-0.1, -0.05) is 35.9 Å². The first-order valence-electron chi connectivity index (χ1n) is 10.9. The van der Waals surface area contributed by atoms with Gasteiger partial charge in [0.2, 0.25) is 0 Å². The van der Waals surface area contributed by atoms with E-state index >= 15 is 0 Å². The van der Waals surface area contributed by atoms with Crippen LogP contribution in [0.4, 0.5) is 0 Å². The highest BCUT2D eigenvalue weighted by Gasteiger charge is 2.37. The summed E-state index contributed by atoms with van der Waals surface area (Å²) in [4.78, 5) is 25.7. The molecule has 0 spiro atoms. The lowest BCUT2D eigenvalue weighted by Gasteiger charge is -2.30. The van der Waals surface area contributed by atoms with E-state index in [4.69, 9.17) is 25.8 Å². The first-order valence-corrected chi connectivity index (χ1v) is 11.2. The number of allylic oxidation sites excluding steroid dienone is 2. The number of dihydropyridines is 1. The normalized spacial score (nSPS) is 14.1. The van der Waals surface area contributed by atoms with Gasteiger partial charge in [0, 0.05) is 16.4 Å². The first kappa shape index (κ1) is 24.4. The van der Waals surface area contributed by atoms with Crippen LogP contribution in [0.15, 0.2) is 71.1 Å². The minimum atomic E-state index is -0.616. The molecule has 1 heterocycles. The van der Waals surface area contributed by atoms with Crippen molar-refractivity contribution in [3.05, 3.63) is 87.2 Å². The average molecular weight is 470 g/mol. The minimum absolute atomic E-state index is 0.233. The van der Waals surface area contributed by atoms with Crippen molar-refractivity contribution < 1.29 is 23.8 Å². The standard InChI is InChI=1S/C26H28ClNO5/c1-5-31-25(29)22-16(3)28-17(4)23(26(30)32-6-2)24(22)19-9-13-21(14-10-19)33-15-18-7-11-20(27)12-8-18/h7-14,24,28H,5-6,15H2,1-4H3. The van der Waals surface area contributed by atoms with Crippen LogP contribution in [0, 0.1) is 0 Å². The Labute approximate surface area is 199 Å². The summed E-state index contributed by atoms with van der Waals surface area (Å²) in [5.41, 5.74) is 3.83. The average Bonchev–Trinajstić information content (AvgIpc) is 2.79. The predicted octanol–water partition coefficient (Wildman–Crippen LogP) is 5.28. The van der Waals surface area contributed by atoms with Gasteiger partial charge in [0.25, 0.3) is 0 Å². The molecule has 1 N–H and O–H groups in total. The van der Waals surface area contributed by atoms with Crippen LogP contribution in [0.2, 0.25) is 5.02 Å². The Morgan fingerprint density at radius 3 is 1.85 bits per heavy atom. The van der Waals surface area contributed by atoms with Crippen molar-refractivity contribution in [2.45, 2.75) is 40.2 Å². The van der Waals surface area contributed by atoms with E-state index in [-0.39, 0.29) is 13.2 Å². The van der Waals surface area contributed by atoms with E-state index < -0.39 is 17.9 Å². The zero-order chi connectivity index (χ0) is 24.0. The van der Waals surface area contributed by atoms with Crippen LogP contribution in [0.25, 0.3) is 0 Å². The Balaban J connectivity index is 1.92. The van der Waals surface area contributed by atoms with Crippen LogP contribution >= 0.6 is 11.6 Å². The third-order valence-electron chi connectivity index (χ3n) is 5.28. The number of nitrogens with one attached hydrogen (secondary N) is 1. The van der Waals surface area contributed by atoms with Gasteiger partial charge in [-0.05, 0) is 63.1 Å². The molecule has 0 radical (unpaired) electrons. The lowest BCUT2D eigenvalue weighted by Crippen LogP contribution is -2.32. The van der Waals surface area contributed by atoms with Crippen LogP contribution in [-0.2, 0) is 25.7 Å². The maximum atomic E-state index is 12.8. The van der Waals surface area contributed by atoms with Gasteiger partial charge in [0.05, 0.1) is 30.3 Å². The van der Waals surface area contributed by atoms with E-state index in [9.17, 15) is 9.59 Å². The largest absolute Gasteiger partial charge is 0.489 e. The van der Waals surface area contributed by atoms with Gasteiger partial charge in [-0.3, -0.25) is 0 Å². The summed E-state index contributed by atoms with van der Waals surface area (Å²) in [5, 5.41) is 3.81. The number of rotatable bonds is 8. The van der Waals surface area contributed by atoms with E-state index in [1.54, 1.807) is 27.7 Å². The Morgan fingerprint density at radius 2 is 1.36 bits per heavy atom. The van der Waals surface area contributed by atoms with Crippen molar-refractivity contribution in [2.24, 2.45) is 0 Å². The molecule has 6 nitrogen and oxygen atoms in total. The van der Waals surface area contributed by atoms with Gasteiger partial charge < -0.3 is 19.5 Å². The molecule has 7 heteroatoms. The molecule has 1 aliphatic rings. The van der Waals surface area contributed by atoms with E-state index in [0.717, 1.165) is 11.1 Å². The molecule has 3 rings (SSSR count). The van der Waals surface area contributed by atoms with E-state index in [1.807, 2.05) is 48.5 Å². The van der Waals surface area contributed by atoms with Crippen molar-refractivity contribution in [1.82, 2.24) is 5.32 Å². The molecule has 2 aromatic rings. The van der Waals surface area contributed by atoms with Crippen molar-refractivity contribution in [2.75, 3.05) is 13.2 Å². The maximum absolute atomic E-state index is 12.8. The van der Waals surface area contributed by atoms with Gasteiger partial charge in [-0.15, -0.1) is 0 Å². The van der Waals surface area contributed by atoms with Crippen LogP contribution in [0.3, 0.4) is 0 Å². The lowest BCUT2D eigenvalue weighted by molar-refractivity contribution is -0.139. The summed E-state index contributed by atoms with van der Waals surface area (Å²) >= 11 is 5.93. The highest BCUT2D eigenvalue weighted by Crippen LogP contribution is 2.39. The number of carbonyl (C=O) groups excluding carboxylic acids is 2. The molecule has 0 unspecified atom stereocenters. The number of carbonyl (C=O) groups is 2. The number of hydrogen-bond acceptors (Lipinski definition) is 6. The summed E-state index contributed by atoms with van der Waals surface area (Å²) in [6, 6.07) is 14.8. The van der Waals surface area contributed by atoms with Crippen LogP contribution in [0.5, 0.6) is 5.75 Å². The molecule has 174 valence electrons. The van der Waals surface area contributed by atoms with Crippen LogP contribution < -0.4 is 10.1 Å². The molecule has 0 aromatic heterocycles. The zero-order valence-corrected chi connectivity index (χ0v) is 20.0. The summed E-state index contributed by atoms with van der Waals surface area (Å²) in [6.07, 6.45) is 0. The minimum Gasteiger partial charge on any atom is -0.489 e. The smallest absolute Gasteiger partial charge is 0.336 e. The van der Waals surface area contributed by atoms with E-state index in [0.29, 0.717) is 39.9 Å². The van der Waals surface area contributed by atoms with E-state index in [2.05, 4.69) is 5.32 Å². The lowest BCUT2D eigenvalue weighted by atomic mass is 9.80. The van der Waals surface area contributed by atoms with Gasteiger partial charge >= 0.3 is 11.9 Å². The monoisotopic (exact) mass is 469 g/mol. The fourth-order valence-corrected chi connectivity index (χ4v) is 3.92. The third-order valence-corrected chi connectivity index (χ3v) is 5.54. The molecule has 33 heavy (non-hydrogen) atoms. The number of hydrogen-bond donors (Lipinski definition) is 1. The molecule has 2 aromatic carbocycles. The number of esters is 2. The topological polar surface area (TPSA) is 73.9 Å². The summed E-state index contributed by atoms with van der Waals surface area (Å²) < 4.78 is 16.5. The Bertz CT molecular complexity index is 1030. The van der Waals surface area contributed by atoms with E-state index in [1.165, 1.54) is 0 Å². The van der Waals surface area contributed by atoms with Gasteiger partial charge in [0.15, 0.2) is 0 Å². The quantitative estimate of drug-likeness (QED) is 0.530. The van der Waals surface area contributed by atoms with Crippen molar-refractivity contribution in [3.8, 4) is 5.75 Å². The molecule has 0 saturated heterocycles. The third kappa shape index (κ3) is 5.76. The fraction of sp³-hybridized carbons (Fsp3) is 0.308. The summed E-state index contributed by atoms with van der Waals surface area (Å²) in [6.45, 7) is 7.96. The highest BCUT2D eigenvalue weighted by molar-refractivity contribution is 6.30. The Kier molecular flexibility index (Phi) is 8.17. The molecule has 0 amide bonds. The number of benzene rings is 2. The highest BCUT2D eigenvalue weighted by atomic mass is 35.5. The Hall–Kier alpha value is -3.25. The SMILES string of the molecule is CCOC(=O)C1=C(C)NC(C)=C(C(=O)OCC)C1c1ccc(OCc2ccc(Cl)cc2)cc1. The Morgan fingerprint density at radius 1 is 0.848 bits per heavy atom. The number of halogens is 1. The van der Waals surface area contributed by atoms with Crippen LogP contribution in [0.1, 0.15) is 44.7 Å². The molecule has 0 bridgehead atoms. The maximum Gasteiger partial charge on any atom is 0.336 e. The van der Waals surface area contributed by atoms with Gasteiger partial charge in [-0.25, -0.2) is 9.59 Å². The molecule has 0 aliphatic carbocycles. The van der Waals surface area contributed by atoms with Crippen molar-refractivity contribution in [1.29, 1.82) is 0 Å². The second kappa shape index (κ2) is 11.1. The second-order valence-corrected chi connectivity index (χ2v) is 8.00. The molecule has 0 saturated carbocycles.